The standard InChI is InChI=1S/C17H22N2/c1-13-12-19(14(2)11-18(13)3)17-9-8-15-6-4-5-7-16(15)10-17/h4-10,13-14H,11-12H2,1-3H3/t13-,14+/m1/s1. The Labute approximate surface area is 115 Å². The minimum Gasteiger partial charge on any atom is -0.366 e. The summed E-state index contributed by atoms with van der Waals surface area (Å²) >= 11 is 0. The summed E-state index contributed by atoms with van der Waals surface area (Å²) < 4.78 is 0. The number of nitrogens with zero attached hydrogens (tertiary/aromatic N) is 2. The van der Waals surface area contributed by atoms with Gasteiger partial charge in [-0.25, -0.2) is 0 Å². The normalized spacial score (nSPS) is 24.9. The van der Waals surface area contributed by atoms with Crippen LogP contribution in [-0.2, 0) is 0 Å². The first-order valence-corrected chi connectivity index (χ1v) is 7.11. The molecular weight excluding hydrogens is 232 g/mol. The van der Waals surface area contributed by atoms with Gasteiger partial charge in [-0.15, -0.1) is 0 Å². The van der Waals surface area contributed by atoms with Crippen molar-refractivity contribution in [3.8, 4) is 0 Å². The van der Waals surface area contributed by atoms with Crippen LogP contribution in [0.2, 0.25) is 0 Å². The first-order chi connectivity index (χ1) is 9.15. The number of benzene rings is 2. The molecule has 0 unspecified atom stereocenters. The summed E-state index contributed by atoms with van der Waals surface area (Å²) in [5.74, 6) is 0. The third kappa shape index (κ3) is 2.33. The Morgan fingerprint density at radius 2 is 1.63 bits per heavy atom. The highest BCUT2D eigenvalue weighted by molar-refractivity contribution is 5.85. The van der Waals surface area contributed by atoms with Crippen molar-refractivity contribution in [1.82, 2.24) is 4.90 Å². The summed E-state index contributed by atoms with van der Waals surface area (Å²) in [6.45, 7) is 6.86. The van der Waals surface area contributed by atoms with E-state index in [1.807, 2.05) is 0 Å². The van der Waals surface area contributed by atoms with Crippen LogP contribution >= 0.6 is 0 Å². The summed E-state index contributed by atoms with van der Waals surface area (Å²) in [6.07, 6.45) is 0. The van der Waals surface area contributed by atoms with Gasteiger partial charge in [0.05, 0.1) is 0 Å². The van der Waals surface area contributed by atoms with Gasteiger partial charge in [0.25, 0.3) is 0 Å². The monoisotopic (exact) mass is 254 g/mol. The van der Waals surface area contributed by atoms with Gasteiger partial charge in [-0.3, -0.25) is 4.90 Å². The van der Waals surface area contributed by atoms with Crippen LogP contribution in [0.5, 0.6) is 0 Å². The van der Waals surface area contributed by atoms with Gasteiger partial charge in [0.2, 0.25) is 0 Å². The van der Waals surface area contributed by atoms with Crippen molar-refractivity contribution in [2.24, 2.45) is 0 Å². The van der Waals surface area contributed by atoms with E-state index in [2.05, 4.69) is 73.2 Å². The van der Waals surface area contributed by atoms with Crippen LogP contribution in [0.4, 0.5) is 5.69 Å². The molecule has 2 heteroatoms. The fourth-order valence-electron chi connectivity index (χ4n) is 3.01. The molecule has 0 saturated carbocycles. The van der Waals surface area contributed by atoms with Gasteiger partial charge in [-0.2, -0.15) is 0 Å². The maximum Gasteiger partial charge on any atom is 0.0389 e. The van der Waals surface area contributed by atoms with Crippen LogP contribution in [0.15, 0.2) is 42.5 Å². The zero-order chi connectivity index (χ0) is 13.4. The molecular formula is C17H22N2. The highest BCUT2D eigenvalue weighted by Gasteiger charge is 2.26. The zero-order valence-electron chi connectivity index (χ0n) is 12.0. The molecule has 2 aromatic rings. The molecule has 0 bridgehead atoms. The number of fused-ring (bicyclic) bond motifs is 1. The molecule has 2 aromatic carbocycles. The first-order valence-electron chi connectivity index (χ1n) is 7.11. The lowest BCUT2D eigenvalue weighted by Gasteiger charge is -2.43. The van der Waals surface area contributed by atoms with Crippen LogP contribution in [0.1, 0.15) is 13.8 Å². The molecule has 1 aliphatic heterocycles. The molecule has 2 nitrogen and oxygen atoms in total. The molecule has 0 aromatic heterocycles. The molecule has 1 aliphatic rings. The second-order valence-corrected chi connectivity index (χ2v) is 5.82. The summed E-state index contributed by atoms with van der Waals surface area (Å²) in [4.78, 5) is 4.99. The van der Waals surface area contributed by atoms with Gasteiger partial charge in [-0.05, 0) is 43.8 Å². The van der Waals surface area contributed by atoms with Crippen molar-refractivity contribution < 1.29 is 0 Å². The van der Waals surface area contributed by atoms with E-state index in [4.69, 9.17) is 0 Å². The van der Waals surface area contributed by atoms with Gasteiger partial charge < -0.3 is 4.90 Å². The van der Waals surface area contributed by atoms with E-state index < -0.39 is 0 Å². The molecule has 2 atom stereocenters. The largest absolute Gasteiger partial charge is 0.366 e. The van der Waals surface area contributed by atoms with E-state index in [0.717, 1.165) is 13.1 Å². The van der Waals surface area contributed by atoms with Crippen LogP contribution < -0.4 is 4.90 Å². The van der Waals surface area contributed by atoms with E-state index >= 15 is 0 Å². The maximum absolute atomic E-state index is 2.54. The minimum atomic E-state index is 0.572. The fourth-order valence-corrected chi connectivity index (χ4v) is 3.01. The SMILES string of the molecule is C[C@@H]1CN(c2ccc3ccccc3c2)[C@@H](C)CN1C. The number of hydrogen-bond donors (Lipinski definition) is 0. The number of piperazine rings is 1. The van der Waals surface area contributed by atoms with Crippen molar-refractivity contribution in [1.29, 1.82) is 0 Å². The molecule has 1 saturated heterocycles. The van der Waals surface area contributed by atoms with E-state index in [1.165, 1.54) is 16.5 Å². The third-order valence-electron chi connectivity index (χ3n) is 4.36. The van der Waals surface area contributed by atoms with Crippen molar-refractivity contribution in [2.75, 3.05) is 25.0 Å². The van der Waals surface area contributed by atoms with E-state index in [-0.39, 0.29) is 0 Å². The average molecular weight is 254 g/mol. The zero-order valence-corrected chi connectivity index (χ0v) is 12.0. The lowest BCUT2D eigenvalue weighted by Crippen LogP contribution is -2.55. The summed E-state index contributed by atoms with van der Waals surface area (Å²) in [7, 11) is 2.22. The Kier molecular flexibility index (Phi) is 3.19. The Morgan fingerprint density at radius 3 is 2.42 bits per heavy atom. The van der Waals surface area contributed by atoms with E-state index in [1.54, 1.807) is 0 Å². The van der Waals surface area contributed by atoms with Crippen LogP contribution in [-0.4, -0.2) is 37.1 Å². The van der Waals surface area contributed by atoms with Crippen molar-refractivity contribution in [3.63, 3.8) is 0 Å². The van der Waals surface area contributed by atoms with Crippen molar-refractivity contribution in [3.05, 3.63) is 42.5 Å². The summed E-state index contributed by atoms with van der Waals surface area (Å²) in [6, 6.07) is 16.6. The minimum absolute atomic E-state index is 0.572. The molecule has 3 rings (SSSR count). The Morgan fingerprint density at radius 1 is 0.895 bits per heavy atom. The molecule has 1 heterocycles. The number of likely N-dealkylation sites (N-methyl/N-ethyl adjacent to an activating group) is 1. The van der Waals surface area contributed by atoms with Crippen molar-refractivity contribution >= 4 is 16.5 Å². The molecule has 0 radical (unpaired) electrons. The highest BCUT2D eigenvalue weighted by Crippen LogP contribution is 2.26. The average Bonchev–Trinajstić information content (AvgIpc) is 2.42. The van der Waals surface area contributed by atoms with Gasteiger partial charge in [0.1, 0.15) is 0 Å². The topological polar surface area (TPSA) is 6.48 Å². The molecule has 19 heavy (non-hydrogen) atoms. The number of hydrogen-bond acceptors (Lipinski definition) is 2. The van der Waals surface area contributed by atoms with Gasteiger partial charge in [-0.1, -0.05) is 30.3 Å². The van der Waals surface area contributed by atoms with Crippen LogP contribution in [0.3, 0.4) is 0 Å². The summed E-state index contributed by atoms with van der Waals surface area (Å²) in [5, 5.41) is 2.65. The molecule has 0 aliphatic carbocycles. The predicted molar refractivity (Wildman–Crippen MR) is 82.8 cm³/mol. The smallest absolute Gasteiger partial charge is 0.0389 e. The van der Waals surface area contributed by atoms with Crippen LogP contribution in [0, 0.1) is 0 Å². The quantitative estimate of drug-likeness (QED) is 0.770. The molecule has 0 spiro atoms. The third-order valence-corrected chi connectivity index (χ3v) is 4.36. The van der Waals surface area contributed by atoms with Crippen molar-refractivity contribution in [2.45, 2.75) is 25.9 Å². The van der Waals surface area contributed by atoms with Gasteiger partial charge >= 0.3 is 0 Å². The molecule has 0 N–H and O–H groups in total. The number of rotatable bonds is 1. The number of anilines is 1. The summed E-state index contributed by atoms with van der Waals surface area (Å²) in [5.41, 5.74) is 1.35. The Hall–Kier alpha value is -1.54. The highest BCUT2D eigenvalue weighted by atomic mass is 15.3. The lowest BCUT2D eigenvalue weighted by atomic mass is 10.1. The molecule has 0 amide bonds. The first kappa shape index (κ1) is 12.5. The second-order valence-electron chi connectivity index (χ2n) is 5.82. The lowest BCUT2D eigenvalue weighted by molar-refractivity contribution is 0.206. The fraction of sp³-hybridized carbons (Fsp3) is 0.412. The van der Waals surface area contributed by atoms with Gasteiger partial charge in [0, 0.05) is 30.9 Å². The predicted octanol–water partition coefficient (Wildman–Crippen LogP) is 3.37. The Bertz CT molecular complexity index is 578. The molecule has 100 valence electrons. The van der Waals surface area contributed by atoms with E-state index in [9.17, 15) is 0 Å². The molecule has 1 fully saturated rings. The van der Waals surface area contributed by atoms with Crippen LogP contribution in [0.25, 0.3) is 10.8 Å². The maximum atomic E-state index is 2.54. The van der Waals surface area contributed by atoms with Gasteiger partial charge in [0.15, 0.2) is 0 Å². The second kappa shape index (κ2) is 4.86. The Balaban J connectivity index is 1.95. The van der Waals surface area contributed by atoms with E-state index in [0.29, 0.717) is 12.1 Å².